The second kappa shape index (κ2) is 24.8. The van der Waals surface area contributed by atoms with Crippen molar-refractivity contribution >= 4 is 71.2 Å². The van der Waals surface area contributed by atoms with Crippen molar-refractivity contribution in [3.8, 4) is 0 Å². The minimum absolute atomic E-state index is 0.0127. The molecule has 14 atom stereocenters. The Hall–Kier alpha value is -5.94. The lowest BCUT2D eigenvalue weighted by Gasteiger charge is -2.22. The highest BCUT2D eigenvalue weighted by Gasteiger charge is 2.47. The van der Waals surface area contributed by atoms with Gasteiger partial charge in [0.05, 0.1) is 51.3 Å². The molecule has 2 unspecified atom stereocenters. The van der Waals surface area contributed by atoms with Gasteiger partial charge in [0.25, 0.3) is 11.1 Å². The van der Waals surface area contributed by atoms with E-state index in [-0.39, 0.29) is 60.0 Å². The highest BCUT2D eigenvalue weighted by Crippen LogP contribution is 2.52. The predicted octanol–water partition coefficient (Wildman–Crippen LogP) is -3.10. The van der Waals surface area contributed by atoms with Crippen molar-refractivity contribution in [3.63, 3.8) is 0 Å². The van der Waals surface area contributed by atoms with Crippen molar-refractivity contribution in [1.29, 1.82) is 0 Å². The average Bonchev–Trinajstić information content (AvgIpc) is 2.78. The first kappa shape index (κ1) is 62.6. The number of nitrogens with zero attached hydrogens (tertiary/aromatic N) is 10. The summed E-state index contributed by atoms with van der Waals surface area (Å²) in [4.78, 5) is 134. The Morgan fingerprint density at radius 3 is 1.63 bits per heavy atom. The molecule has 0 aromatic carbocycles. The number of imidazole rings is 2. The average molecular weight is 1270 g/mol. The van der Waals surface area contributed by atoms with Crippen molar-refractivity contribution in [2.45, 2.75) is 106 Å². The van der Waals surface area contributed by atoms with Gasteiger partial charge in [-0.15, -0.1) is 0 Å². The topological polar surface area (TPSA) is 597 Å². The molecule has 4 saturated heterocycles. The molecule has 4 fully saturated rings. The number of anilines is 3. The van der Waals surface area contributed by atoms with E-state index < -0.39 is 154 Å². The van der Waals surface area contributed by atoms with Crippen molar-refractivity contribution in [1.82, 2.24) is 58.1 Å². The Morgan fingerprint density at radius 2 is 1.08 bits per heavy atom. The molecule has 460 valence electrons. The SMILES string of the molecule is Cc1cn([C@H]2C[C@H](OP(=O)(O)OC[C@H]3O[C@@H](n4ccc(N)nc4=O)C[C@@H]3O)[C@@H](COP(=O)(O)O)O2)c(=O)[nH]c1=O.Nc1nc2c(ncn2[C@H]2C[C@H](OP(=O)(O)OC[C@H]3O[C@@H](n4cnc5c(N)ncnc54)C[C@@H]3O)[C@@H](COP(=O)(O)O)O2)c(=O)[nH]1. The van der Waals surface area contributed by atoms with Crippen LogP contribution in [-0.2, 0) is 64.4 Å². The molecule has 45 heteroatoms. The maximum Gasteiger partial charge on any atom is 0.472 e. The van der Waals surface area contributed by atoms with Gasteiger partial charge in [0.1, 0.15) is 79.2 Å². The number of aliphatic hydroxyl groups excluding tert-OH is 2. The van der Waals surface area contributed by atoms with Gasteiger partial charge in [-0.05, 0) is 13.0 Å². The van der Waals surface area contributed by atoms with E-state index in [2.05, 4.69) is 48.9 Å². The molecular formula is C39H53N15O26P4. The van der Waals surface area contributed by atoms with Gasteiger partial charge in [-0.1, -0.05) is 0 Å². The Bertz CT molecular complexity index is 3830. The molecule has 0 aliphatic carbocycles. The molecule has 41 nitrogen and oxygen atoms in total. The molecule has 6 aromatic rings. The van der Waals surface area contributed by atoms with Gasteiger partial charge >= 0.3 is 42.7 Å². The van der Waals surface area contributed by atoms with Crippen LogP contribution in [0.4, 0.5) is 17.6 Å². The van der Waals surface area contributed by atoms with Crippen LogP contribution in [0.25, 0.3) is 22.3 Å². The largest absolute Gasteiger partial charge is 0.472 e. The highest BCUT2D eigenvalue weighted by molar-refractivity contribution is 7.47. The number of nitrogens with two attached hydrogens (primary N) is 3. The van der Waals surface area contributed by atoms with Gasteiger partial charge in [-0.3, -0.25) is 65.0 Å². The molecule has 0 amide bonds. The number of nitrogen functional groups attached to an aromatic ring is 3. The number of phosphoric acid groups is 4. The number of phosphoric ester groups is 4. The minimum atomic E-state index is -4.98. The molecule has 6 aromatic heterocycles. The van der Waals surface area contributed by atoms with Crippen molar-refractivity contribution in [3.05, 3.63) is 84.7 Å². The molecule has 0 spiro atoms. The second-order valence-corrected chi connectivity index (χ2v) is 24.2. The Labute approximate surface area is 466 Å². The van der Waals surface area contributed by atoms with E-state index in [4.69, 9.17) is 64.0 Å². The van der Waals surface area contributed by atoms with Crippen LogP contribution in [0.5, 0.6) is 0 Å². The van der Waals surface area contributed by atoms with Crippen LogP contribution in [0, 0.1) is 6.92 Å². The zero-order chi connectivity index (χ0) is 60.8. The lowest BCUT2D eigenvalue weighted by atomic mass is 10.2. The number of hydrogen-bond acceptors (Lipinski definition) is 29. The zero-order valence-electron chi connectivity index (χ0n) is 43.0. The van der Waals surface area contributed by atoms with Crippen molar-refractivity contribution in [2.24, 2.45) is 0 Å². The summed E-state index contributed by atoms with van der Waals surface area (Å²) < 4.78 is 106. The van der Waals surface area contributed by atoms with E-state index in [1.54, 1.807) is 0 Å². The van der Waals surface area contributed by atoms with Crippen LogP contribution in [0.3, 0.4) is 0 Å². The Balaban J connectivity index is 0.000000203. The number of H-pyrrole nitrogens is 2. The molecule has 0 saturated carbocycles. The monoisotopic (exact) mass is 1270 g/mol. The third-order valence-corrected chi connectivity index (χ3v) is 16.0. The molecule has 4 aliphatic rings. The van der Waals surface area contributed by atoms with E-state index in [0.29, 0.717) is 11.2 Å². The fourth-order valence-electron chi connectivity index (χ4n) is 9.10. The van der Waals surface area contributed by atoms with E-state index in [9.17, 15) is 67.2 Å². The van der Waals surface area contributed by atoms with Gasteiger partial charge in [0, 0.05) is 43.6 Å². The van der Waals surface area contributed by atoms with Crippen molar-refractivity contribution < 1.29 is 104 Å². The van der Waals surface area contributed by atoms with Crippen molar-refractivity contribution in [2.75, 3.05) is 43.6 Å². The summed E-state index contributed by atoms with van der Waals surface area (Å²) in [6.45, 7) is -1.34. The second-order valence-electron chi connectivity index (χ2n) is 18.9. The van der Waals surface area contributed by atoms with E-state index in [1.807, 2.05) is 0 Å². The molecule has 10 rings (SSSR count). The molecule has 0 bridgehead atoms. The standard InChI is InChI=1S/C20H26N10O12P2.C19H27N5O14P2/c21-16-14-17(24-5-23-16)29(6-25-14)12-1-8(31)10(40-12)3-39-44(36,37)42-9-2-13(41-11(9)4-38-43(33,34)35)30-7-26-15-18(30)27-20(22)28-19(15)32;1-9-6-24(19(28)22-17(9)26)16-5-11(13(37-16)8-34-39(29,30)31)38-40(32,33)35-7-12-10(25)4-15(36-12)23-3-2-14(20)21-18(23)27/h5-13,31H,1-4H2,(H,36,37)(H2,21,23,24)(H2,33,34,35)(H3,22,27,28,32);2-3,6,10-13,15-16,25H,4-5,7-8H2,1H3,(H,32,33)(H2,20,21,27)(H,22,26,28)(H2,29,30,31)/t8-,9-,10+,11+,12+,13+;10-,11-,12+,13+,15+,16+/m00/s1. The third kappa shape index (κ3) is 15.0. The summed E-state index contributed by atoms with van der Waals surface area (Å²) in [5.74, 6) is -0.0634. The zero-order valence-corrected chi connectivity index (χ0v) is 46.5. The first-order valence-corrected chi connectivity index (χ1v) is 30.5. The van der Waals surface area contributed by atoms with Gasteiger partial charge < -0.3 is 75.7 Å². The Kier molecular flexibility index (Phi) is 18.5. The van der Waals surface area contributed by atoms with E-state index in [0.717, 1.165) is 9.13 Å². The van der Waals surface area contributed by atoms with Gasteiger partial charge in [-0.2, -0.15) is 9.97 Å². The highest BCUT2D eigenvalue weighted by atomic mass is 31.2. The summed E-state index contributed by atoms with van der Waals surface area (Å²) in [5, 5.41) is 20.9. The van der Waals surface area contributed by atoms with Crippen LogP contribution >= 0.6 is 31.3 Å². The van der Waals surface area contributed by atoms with Gasteiger partial charge in [0.15, 0.2) is 22.6 Å². The minimum Gasteiger partial charge on any atom is -0.390 e. The lowest BCUT2D eigenvalue weighted by Crippen LogP contribution is -2.33. The number of hydrogen-bond donors (Lipinski definition) is 13. The summed E-state index contributed by atoms with van der Waals surface area (Å²) >= 11 is 0. The molecule has 0 radical (unpaired) electrons. The fourth-order valence-corrected chi connectivity index (χ4v) is 11.7. The Morgan fingerprint density at radius 1 is 0.595 bits per heavy atom. The summed E-state index contributed by atoms with van der Waals surface area (Å²) in [5.41, 5.74) is 14.9. The molecular weight excluding hydrogens is 1220 g/mol. The third-order valence-electron chi connectivity index (χ3n) is 13.0. The van der Waals surface area contributed by atoms with Crippen LogP contribution in [-0.4, -0.2) is 173 Å². The number of ether oxygens (including phenoxy) is 4. The van der Waals surface area contributed by atoms with Crippen LogP contribution < -0.4 is 39.7 Å². The van der Waals surface area contributed by atoms with Crippen LogP contribution in [0.1, 0.15) is 56.2 Å². The summed E-state index contributed by atoms with van der Waals surface area (Å²) in [6, 6.07) is 1.35. The smallest absolute Gasteiger partial charge is 0.390 e. The van der Waals surface area contributed by atoms with E-state index in [1.165, 1.54) is 53.5 Å². The number of aliphatic hydroxyl groups is 2. The maximum atomic E-state index is 13.0. The number of aromatic nitrogens is 12. The number of rotatable bonds is 20. The normalized spacial score (nSPS) is 27.9. The first-order valence-electron chi connectivity index (χ1n) is 24.4. The first-order chi connectivity index (χ1) is 39.4. The fraction of sp³-hybridized carbons (Fsp3) is 0.538. The van der Waals surface area contributed by atoms with Crippen LogP contribution in [0.2, 0.25) is 0 Å². The predicted molar refractivity (Wildman–Crippen MR) is 275 cm³/mol. The molecule has 16 N–H and O–H groups in total. The van der Waals surface area contributed by atoms with Gasteiger partial charge in [-0.25, -0.2) is 47.8 Å². The lowest BCUT2D eigenvalue weighted by molar-refractivity contribution is -0.0570. The van der Waals surface area contributed by atoms with Gasteiger partial charge in [0.2, 0.25) is 5.95 Å². The summed E-state index contributed by atoms with van der Waals surface area (Å²) in [7, 11) is -19.8. The maximum absolute atomic E-state index is 13.0. The van der Waals surface area contributed by atoms with E-state index >= 15 is 0 Å². The molecule has 10 heterocycles. The quantitative estimate of drug-likeness (QED) is 0.0337. The van der Waals surface area contributed by atoms with Crippen LogP contribution in [0.15, 0.2) is 56.6 Å². The summed E-state index contributed by atoms with van der Waals surface area (Å²) in [6.07, 6.45) is -7.89. The number of nitrogens with one attached hydrogen (secondary N) is 2. The molecule has 4 aliphatic heterocycles. The number of aryl methyl sites for hydroxylation is 1. The number of aromatic amines is 2. The number of fused-ring (bicyclic) bond motifs is 2. The molecule has 84 heavy (non-hydrogen) atoms.